The van der Waals surface area contributed by atoms with E-state index < -0.39 is 0 Å². The summed E-state index contributed by atoms with van der Waals surface area (Å²) in [6.45, 7) is 14.4. The molecule has 0 amide bonds. The molecule has 2 aliphatic rings. The van der Waals surface area contributed by atoms with Crippen LogP contribution < -0.4 is 5.46 Å². The minimum Gasteiger partial charge on any atom is -0.399 e. The van der Waals surface area contributed by atoms with E-state index in [9.17, 15) is 0 Å². The van der Waals surface area contributed by atoms with Gasteiger partial charge in [-0.2, -0.15) is 5.10 Å². The Morgan fingerprint density at radius 1 is 1.03 bits per heavy atom. The summed E-state index contributed by atoms with van der Waals surface area (Å²) in [5.41, 5.74) is 2.57. The number of hydrogen-bond donors (Lipinski definition) is 0. The minimum atomic E-state index is -0.337. The molecule has 2 fully saturated rings. The molecule has 0 bridgehead atoms. The average Bonchev–Trinajstić information content (AvgIpc) is 3.32. The van der Waals surface area contributed by atoms with Gasteiger partial charge in [0.2, 0.25) is 0 Å². The van der Waals surface area contributed by atoms with Crippen molar-refractivity contribution < 1.29 is 18.8 Å². The highest BCUT2D eigenvalue weighted by molar-refractivity contribution is 6.62. The topological polar surface area (TPSA) is 54.7 Å². The standard InChI is InChI=1S/C22H31BN2O4.C2H6/c1-21(2)22(3,4)29-23(28-21)19-10-8-17(9-11-19)18-15-24-25(16-18)12-14-27-20-7-5-6-13-26-20;1-2/h8-11,15-16,20H,5-7,12-14H2,1-4H3;1-2H3. The van der Waals surface area contributed by atoms with Crippen LogP contribution in [0.1, 0.15) is 60.8 Å². The van der Waals surface area contributed by atoms with Crippen molar-refractivity contribution >= 4 is 12.6 Å². The van der Waals surface area contributed by atoms with Gasteiger partial charge in [0.25, 0.3) is 0 Å². The lowest BCUT2D eigenvalue weighted by atomic mass is 9.78. The summed E-state index contributed by atoms with van der Waals surface area (Å²) < 4.78 is 25.6. The molecule has 1 aromatic heterocycles. The van der Waals surface area contributed by atoms with E-state index in [1.165, 1.54) is 6.42 Å². The number of aromatic nitrogens is 2. The van der Waals surface area contributed by atoms with Gasteiger partial charge in [-0.3, -0.25) is 4.68 Å². The second-order valence-electron chi connectivity index (χ2n) is 8.87. The first kappa shape index (κ1) is 24.0. The molecule has 2 aliphatic heterocycles. The van der Waals surface area contributed by atoms with Crippen molar-refractivity contribution in [2.24, 2.45) is 0 Å². The van der Waals surface area contributed by atoms with Crippen molar-refractivity contribution in [3.05, 3.63) is 36.7 Å². The van der Waals surface area contributed by atoms with Crippen LogP contribution in [0.25, 0.3) is 11.1 Å². The lowest BCUT2D eigenvalue weighted by Crippen LogP contribution is -2.41. The number of rotatable bonds is 6. The molecule has 2 aromatic rings. The maximum absolute atomic E-state index is 6.13. The minimum absolute atomic E-state index is 0.0543. The average molecular weight is 428 g/mol. The normalized spacial score (nSPS) is 22.1. The van der Waals surface area contributed by atoms with Crippen LogP contribution in [-0.4, -0.2) is 47.6 Å². The lowest BCUT2D eigenvalue weighted by molar-refractivity contribution is -0.163. The van der Waals surface area contributed by atoms with Crippen LogP contribution >= 0.6 is 0 Å². The Morgan fingerprint density at radius 3 is 2.32 bits per heavy atom. The van der Waals surface area contributed by atoms with Gasteiger partial charge in [0, 0.05) is 18.4 Å². The highest BCUT2D eigenvalue weighted by Gasteiger charge is 2.51. The zero-order valence-corrected chi connectivity index (χ0v) is 19.9. The quantitative estimate of drug-likeness (QED) is 0.638. The van der Waals surface area contributed by atoms with E-state index in [2.05, 4.69) is 63.3 Å². The summed E-state index contributed by atoms with van der Waals surface area (Å²) in [5.74, 6) is 0. The van der Waals surface area contributed by atoms with Crippen molar-refractivity contribution in [2.75, 3.05) is 13.2 Å². The first-order chi connectivity index (χ1) is 14.8. The second kappa shape index (κ2) is 10.3. The van der Waals surface area contributed by atoms with Crippen molar-refractivity contribution in [3.8, 4) is 11.1 Å². The zero-order chi connectivity index (χ0) is 22.5. The fourth-order valence-corrected chi connectivity index (χ4v) is 3.57. The summed E-state index contributed by atoms with van der Waals surface area (Å²) in [4.78, 5) is 0. The third-order valence-corrected chi connectivity index (χ3v) is 6.16. The van der Waals surface area contributed by atoms with E-state index in [1.807, 2.05) is 24.7 Å². The van der Waals surface area contributed by atoms with E-state index >= 15 is 0 Å². The van der Waals surface area contributed by atoms with Crippen LogP contribution in [0.15, 0.2) is 36.7 Å². The summed E-state index contributed by atoms with van der Waals surface area (Å²) in [5, 5.41) is 4.46. The molecule has 0 radical (unpaired) electrons. The van der Waals surface area contributed by atoms with Crippen LogP contribution in [0.3, 0.4) is 0 Å². The van der Waals surface area contributed by atoms with Gasteiger partial charge in [-0.15, -0.1) is 0 Å². The summed E-state index contributed by atoms with van der Waals surface area (Å²) in [6, 6.07) is 8.32. The molecular formula is C24H37BN2O4. The highest BCUT2D eigenvalue weighted by Crippen LogP contribution is 2.36. The predicted octanol–water partition coefficient (Wildman–Crippen LogP) is 4.42. The van der Waals surface area contributed by atoms with Gasteiger partial charge in [0.15, 0.2) is 6.29 Å². The van der Waals surface area contributed by atoms with Gasteiger partial charge >= 0.3 is 7.12 Å². The molecule has 0 spiro atoms. The predicted molar refractivity (Wildman–Crippen MR) is 124 cm³/mol. The van der Waals surface area contributed by atoms with Gasteiger partial charge in [-0.25, -0.2) is 0 Å². The molecule has 4 rings (SSSR count). The molecule has 1 aromatic carbocycles. The summed E-state index contributed by atoms with van der Waals surface area (Å²) in [7, 11) is -0.337. The van der Waals surface area contributed by atoms with E-state index in [0.29, 0.717) is 13.2 Å². The van der Waals surface area contributed by atoms with Gasteiger partial charge in [0.1, 0.15) is 0 Å². The Labute approximate surface area is 187 Å². The molecule has 1 atom stereocenters. The van der Waals surface area contributed by atoms with Crippen LogP contribution in [0, 0.1) is 0 Å². The molecule has 0 aliphatic carbocycles. The van der Waals surface area contributed by atoms with Gasteiger partial charge in [-0.05, 0) is 58.0 Å². The lowest BCUT2D eigenvalue weighted by Gasteiger charge is -2.32. The Bertz CT molecular complexity index is 797. The van der Waals surface area contributed by atoms with Crippen molar-refractivity contribution in [1.29, 1.82) is 0 Å². The first-order valence-electron chi connectivity index (χ1n) is 11.6. The number of benzene rings is 1. The zero-order valence-electron chi connectivity index (χ0n) is 19.9. The Balaban J connectivity index is 0.00000132. The summed E-state index contributed by atoms with van der Waals surface area (Å²) in [6.07, 6.45) is 7.19. The Morgan fingerprint density at radius 2 is 1.71 bits per heavy atom. The third-order valence-electron chi connectivity index (χ3n) is 6.16. The van der Waals surface area contributed by atoms with E-state index in [0.717, 1.165) is 36.0 Å². The smallest absolute Gasteiger partial charge is 0.399 e. The second-order valence-corrected chi connectivity index (χ2v) is 8.87. The Hall–Kier alpha value is -1.67. The molecule has 3 heterocycles. The van der Waals surface area contributed by atoms with Crippen LogP contribution in [-0.2, 0) is 25.3 Å². The molecule has 0 saturated carbocycles. The molecule has 31 heavy (non-hydrogen) atoms. The van der Waals surface area contributed by atoms with Crippen molar-refractivity contribution in [3.63, 3.8) is 0 Å². The Kier molecular flexibility index (Phi) is 7.97. The maximum Gasteiger partial charge on any atom is 0.494 e. The third kappa shape index (κ3) is 5.77. The molecule has 6 nitrogen and oxygen atoms in total. The fourth-order valence-electron chi connectivity index (χ4n) is 3.57. The molecule has 2 saturated heterocycles. The van der Waals surface area contributed by atoms with Gasteiger partial charge in [-0.1, -0.05) is 38.1 Å². The molecule has 0 N–H and O–H groups in total. The SMILES string of the molecule is CC.CC1(C)OB(c2ccc(-c3cnn(CCOC4CCCCO4)c3)cc2)OC1(C)C. The first-order valence-corrected chi connectivity index (χ1v) is 11.6. The van der Waals surface area contributed by atoms with E-state index in [-0.39, 0.29) is 24.6 Å². The van der Waals surface area contributed by atoms with Crippen molar-refractivity contribution in [1.82, 2.24) is 9.78 Å². The number of nitrogens with zero attached hydrogens (tertiary/aromatic N) is 2. The largest absolute Gasteiger partial charge is 0.494 e. The van der Waals surface area contributed by atoms with Gasteiger partial charge < -0.3 is 18.8 Å². The van der Waals surface area contributed by atoms with Crippen LogP contribution in [0.5, 0.6) is 0 Å². The number of hydrogen-bond acceptors (Lipinski definition) is 5. The molecule has 7 heteroatoms. The number of ether oxygens (including phenoxy) is 2. The van der Waals surface area contributed by atoms with E-state index in [1.54, 1.807) is 0 Å². The molecule has 1 unspecified atom stereocenters. The van der Waals surface area contributed by atoms with E-state index in [4.69, 9.17) is 18.8 Å². The van der Waals surface area contributed by atoms with Crippen molar-refractivity contribution in [2.45, 2.75) is 84.8 Å². The van der Waals surface area contributed by atoms with Gasteiger partial charge in [0.05, 0.1) is 30.6 Å². The summed E-state index contributed by atoms with van der Waals surface area (Å²) >= 11 is 0. The highest BCUT2D eigenvalue weighted by atomic mass is 16.7. The molecule has 170 valence electrons. The van der Waals surface area contributed by atoms with Crippen LogP contribution in [0.4, 0.5) is 0 Å². The fraction of sp³-hybridized carbons (Fsp3) is 0.625. The van der Waals surface area contributed by atoms with Crippen LogP contribution in [0.2, 0.25) is 0 Å². The molecular weight excluding hydrogens is 391 g/mol. The maximum atomic E-state index is 6.13. The monoisotopic (exact) mass is 428 g/mol.